The van der Waals surface area contributed by atoms with E-state index in [9.17, 15) is 0 Å². The standard InChI is InChI=1S/C18H32N4O.HI/c1-19-18(20-9-10-21(2)13-5-3-4-6-13)22-11-14-15(12-22)17-8-7-16(14)23-17;/h13-17H,3-12H2,1-2H3,(H,19,20);1H. The summed E-state index contributed by atoms with van der Waals surface area (Å²) in [5, 5.41) is 3.60. The fraction of sp³-hybridized carbons (Fsp3) is 0.944. The Bertz CT molecular complexity index is 436. The number of likely N-dealkylation sites (tertiary alicyclic amines) is 1. The molecule has 1 aliphatic carbocycles. The monoisotopic (exact) mass is 448 g/mol. The molecule has 24 heavy (non-hydrogen) atoms. The lowest BCUT2D eigenvalue weighted by Gasteiger charge is -2.27. The Balaban J connectivity index is 0.00000169. The number of hydrogen-bond donors (Lipinski definition) is 1. The Kier molecular flexibility index (Phi) is 6.30. The minimum atomic E-state index is 0. The van der Waals surface area contributed by atoms with Gasteiger partial charge in [0.25, 0.3) is 0 Å². The number of fused-ring (bicyclic) bond motifs is 5. The zero-order valence-corrected chi connectivity index (χ0v) is 17.4. The number of nitrogens with zero attached hydrogens (tertiary/aromatic N) is 3. The average Bonchev–Trinajstić information content (AvgIpc) is 3.33. The summed E-state index contributed by atoms with van der Waals surface area (Å²) in [5.74, 6) is 2.58. The Hall–Kier alpha value is -0.0800. The molecule has 4 rings (SSSR count). The minimum Gasteiger partial charge on any atom is -0.374 e. The number of likely N-dealkylation sites (N-methyl/N-ethyl adjacent to an activating group) is 1. The van der Waals surface area contributed by atoms with E-state index < -0.39 is 0 Å². The molecule has 0 aromatic heterocycles. The first kappa shape index (κ1) is 18.7. The SMILES string of the molecule is CN=C(NCCN(C)C1CCCC1)N1CC2C3CCC(O3)C2C1.I. The van der Waals surface area contributed by atoms with Gasteiger partial charge < -0.3 is 19.9 Å². The number of rotatable bonds is 4. The number of guanidine groups is 1. The van der Waals surface area contributed by atoms with Crippen molar-refractivity contribution in [2.24, 2.45) is 16.8 Å². The molecular weight excluding hydrogens is 415 g/mol. The molecule has 138 valence electrons. The van der Waals surface area contributed by atoms with Crippen molar-refractivity contribution in [2.75, 3.05) is 40.3 Å². The highest BCUT2D eigenvalue weighted by Gasteiger charge is 2.53. The Labute approximate surface area is 163 Å². The molecule has 0 aromatic rings. The average molecular weight is 448 g/mol. The number of ether oxygens (including phenoxy) is 1. The summed E-state index contributed by atoms with van der Waals surface area (Å²) in [7, 11) is 4.19. The molecule has 4 fully saturated rings. The molecule has 2 bridgehead atoms. The quantitative estimate of drug-likeness (QED) is 0.407. The minimum absolute atomic E-state index is 0. The zero-order valence-electron chi connectivity index (χ0n) is 15.1. The summed E-state index contributed by atoms with van der Waals surface area (Å²) in [4.78, 5) is 9.53. The van der Waals surface area contributed by atoms with E-state index in [4.69, 9.17) is 4.74 Å². The smallest absolute Gasteiger partial charge is 0.193 e. The third-order valence-corrected chi connectivity index (χ3v) is 6.66. The van der Waals surface area contributed by atoms with Crippen LogP contribution >= 0.6 is 24.0 Å². The molecule has 3 heterocycles. The summed E-state index contributed by atoms with van der Waals surface area (Å²) in [6.07, 6.45) is 9.18. The molecule has 3 saturated heterocycles. The lowest BCUT2D eigenvalue weighted by atomic mass is 9.82. The van der Waals surface area contributed by atoms with E-state index in [1.165, 1.54) is 38.5 Å². The Morgan fingerprint density at radius 3 is 2.33 bits per heavy atom. The van der Waals surface area contributed by atoms with Crippen molar-refractivity contribution in [3.05, 3.63) is 0 Å². The fourth-order valence-corrected chi connectivity index (χ4v) is 5.34. The number of aliphatic imine (C=N–C) groups is 1. The highest BCUT2D eigenvalue weighted by atomic mass is 127. The topological polar surface area (TPSA) is 40.1 Å². The Morgan fingerprint density at radius 1 is 1.12 bits per heavy atom. The van der Waals surface area contributed by atoms with E-state index >= 15 is 0 Å². The zero-order chi connectivity index (χ0) is 15.8. The van der Waals surface area contributed by atoms with Crippen molar-refractivity contribution in [3.8, 4) is 0 Å². The molecule has 4 atom stereocenters. The number of halogens is 1. The van der Waals surface area contributed by atoms with Gasteiger partial charge in [0.15, 0.2) is 5.96 Å². The van der Waals surface area contributed by atoms with Crippen molar-refractivity contribution in [3.63, 3.8) is 0 Å². The molecule has 0 amide bonds. The van der Waals surface area contributed by atoms with Crippen LogP contribution in [0.3, 0.4) is 0 Å². The maximum absolute atomic E-state index is 6.08. The maximum atomic E-state index is 6.08. The first-order valence-electron chi connectivity index (χ1n) is 9.57. The molecule has 0 aromatic carbocycles. The molecule has 3 aliphatic heterocycles. The largest absolute Gasteiger partial charge is 0.374 e. The van der Waals surface area contributed by atoms with Gasteiger partial charge in [-0.1, -0.05) is 12.8 Å². The molecule has 1 N–H and O–H groups in total. The third-order valence-electron chi connectivity index (χ3n) is 6.66. The first-order valence-corrected chi connectivity index (χ1v) is 9.57. The normalized spacial score (nSPS) is 35.6. The molecule has 1 saturated carbocycles. The van der Waals surface area contributed by atoms with Gasteiger partial charge in [-0.25, -0.2) is 0 Å². The summed E-state index contributed by atoms with van der Waals surface area (Å²) in [6, 6.07) is 0.803. The predicted molar refractivity (Wildman–Crippen MR) is 108 cm³/mol. The van der Waals surface area contributed by atoms with Crippen LogP contribution in [0, 0.1) is 11.8 Å². The summed E-state index contributed by atoms with van der Waals surface area (Å²) in [5.41, 5.74) is 0. The van der Waals surface area contributed by atoms with E-state index in [0.29, 0.717) is 12.2 Å². The lowest BCUT2D eigenvalue weighted by molar-refractivity contribution is 0.0767. The van der Waals surface area contributed by atoms with Crippen LogP contribution < -0.4 is 5.32 Å². The van der Waals surface area contributed by atoms with Crippen LogP contribution in [0.25, 0.3) is 0 Å². The van der Waals surface area contributed by atoms with Crippen LogP contribution in [-0.4, -0.2) is 74.3 Å². The maximum Gasteiger partial charge on any atom is 0.193 e. The van der Waals surface area contributed by atoms with Gasteiger partial charge in [-0.15, -0.1) is 24.0 Å². The van der Waals surface area contributed by atoms with Gasteiger partial charge in [-0.05, 0) is 32.7 Å². The van der Waals surface area contributed by atoms with Crippen LogP contribution in [-0.2, 0) is 4.74 Å². The second kappa shape index (κ2) is 8.08. The van der Waals surface area contributed by atoms with Gasteiger partial charge in [-0.2, -0.15) is 0 Å². The summed E-state index contributed by atoms with van der Waals surface area (Å²) in [6.45, 7) is 4.36. The van der Waals surface area contributed by atoms with Gasteiger partial charge in [0, 0.05) is 51.1 Å². The highest BCUT2D eigenvalue weighted by Crippen LogP contribution is 2.47. The summed E-state index contributed by atoms with van der Waals surface area (Å²) < 4.78 is 6.08. The van der Waals surface area contributed by atoms with Crippen molar-refractivity contribution in [1.82, 2.24) is 15.1 Å². The van der Waals surface area contributed by atoms with Crippen LogP contribution in [0.5, 0.6) is 0 Å². The van der Waals surface area contributed by atoms with Crippen LogP contribution in [0.1, 0.15) is 38.5 Å². The van der Waals surface area contributed by atoms with Crippen molar-refractivity contribution in [1.29, 1.82) is 0 Å². The second-order valence-electron chi connectivity index (χ2n) is 7.92. The predicted octanol–water partition coefficient (Wildman–Crippen LogP) is 2.16. The molecular formula is C18H33IN4O. The van der Waals surface area contributed by atoms with E-state index in [1.807, 2.05) is 7.05 Å². The van der Waals surface area contributed by atoms with Crippen LogP contribution in [0.2, 0.25) is 0 Å². The van der Waals surface area contributed by atoms with Crippen LogP contribution in [0.4, 0.5) is 0 Å². The lowest BCUT2D eigenvalue weighted by Crippen LogP contribution is -2.44. The summed E-state index contributed by atoms with van der Waals surface area (Å²) >= 11 is 0. The Morgan fingerprint density at radius 2 is 1.75 bits per heavy atom. The van der Waals surface area contributed by atoms with Gasteiger partial charge in [-0.3, -0.25) is 4.99 Å². The molecule has 0 radical (unpaired) electrons. The first-order chi connectivity index (χ1) is 11.3. The van der Waals surface area contributed by atoms with Crippen molar-refractivity contribution < 1.29 is 4.74 Å². The van der Waals surface area contributed by atoms with E-state index in [0.717, 1.165) is 50.0 Å². The van der Waals surface area contributed by atoms with Gasteiger partial charge in [0.05, 0.1) is 12.2 Å². The van der Waals surface area contributed by atoms with Gasteiger partial charge >= 0.3 is 0 Å². The fourth-order valence-electron chi connectivity index (χ4n) is 5.34. The van der Waals surface area contributed by atoms with E-state index in [2.05, 4.69) is 27.2 Å². The van der Waals surface area contributed by atoms with Crippen LogP contribution in [0.15, 0.2) is 4.99 Å². The van der Waals surface area contributed by atoms with E-state index in [1.54, 1.807) is 0 Å². The van der Waals surface area contributed by atoms with Crippen molar-refractivity contribution >= 4 is 29.9 Å². The second-order valence-corrected chi connectivity index (χ2v) is 7.92. The number of hydrogen-bond acceptors (Lipinski definition) is 3. The molecule has 0 spiro atoms. The van der Waals surface area contributed by atoms with Gasteiger partial charge in [0.2, 0.25) is 0 Å². The van der Waals surface area contributed by atoms with Crippen molar-refractivity contribution in [2.45, 2.75) is 56.8 Å². The molecule has 4 aliphatic rings. The number of nitrogens with one attached hydrogen (secondary N) is 1. The van der Waals surface area contributed by atoms with Gasteiger partial charge in [0.1, 0.15) is 0 Å². The molecule has 6 heteroatoms. The van der Waals surface area contributed by atoms with E-state index in [-0.39, 0.29) is 24.0 Å². The highest BCUT2D eigenvalue weighted by molar-refractivity contribution is 14.0. The molecule has 4 unspecified atom stereocenters. The molecule has 5 nitrogen and oxygen atoms in total. The third kappa shape index (κ3) is 3.56.